The summed E-state index contributed by atoms with van der Waals surface area (Å²) in [5.74, 6) is -0.702. The third kappa shape index (κ3) is 4.31. The second-order valence-corrected chi connectivity index (χ2v) is 4.31. The average Bonchev–Trinajstić information content (AvgIpc) is 2.34. The molecule has 0 fully saturated rings. The molecule has 1 amide bonds. The Hall–Kier alpha value is -1.43. The average molecular weight is 295 g/mol. The first-order valence-electron chi connectivity index (χ1n) is 5.61. The zero-order valence-electron chi connectivity index (χ0n) is 10.5. The molecule has 1 aromatic carbocycles. The van der Waals surface area contributed by atoms with Crippen LogP contribution >= 0.6 is 11.6 Å². The van der Waals surface area contributed by atoms with Crippen molar-refractivity contribution in [3.05, 3.63) is 28.8 Å². The summed E-state index contributed by atoms with van der Waals surface area (Å²) >= 11 is 5.78. The maximum Gasteiger partial charge on any atom is 0.406 e. The van der Waals surface area contributed by atoms with E-state index in [1.807, 2.05) is 0 Å². The normalized spacial score (nSPS) is 11.3. The Kier molecular flexibility index (Phi) is 5.05. The third-order valence-corrected chi connectivity index (χ3v) is 2.76. The first-order valence-corrected chi connectivity index (χ1v) is 5.99. The van der Waals surface area contributed by atoms with Crippen LogP contribution in [-0.4, -0.2) is 37.1 Å². The van der Waals surface area contributed by atoms with Crippen LogP contribution in [-0.2, 0) is 0 Å². The van der Waals surface area contributed by atoms with Crippen LogP contribution in [0.5, 0.6) is 0 Å². The smallest absolute Gasteiger partial charge is 0.387 e. The number of rotatable bonds is 4. The number of anilines is 1. The van der Waals surface area contributed by atoms with Gasteiger partial charge in [-0.15, -0.1) is 0 Å². The molecule has 1 aromatic rings. The predicted octanol–water partition coefficient (Wildman–Crippen LogP) is 3.41. The Morgan fingerprint density at radius 3 is 2.53 bits per heavy atom. The van der Waals surface area contributed by atoms with Gasteiger partial charge in [0.15, 0.2) is 0 Å². The van der Waals surface area contributed by atoms with Gasteiger partial charge in [-0.1, -0.05) is 11.6 Å². The summed E-state index contributed by atoms with van der Waals surface area (Å²) in [6.45, 7) is 0.180. The number of hydrogen-bond acceptors (Lipinski definition) is 2. The molecule has 0 unspecified atom stereocenters. The number of hydrogen-bond donors (Lipinski definition) is 1. The molecule has 1 rings (SSSR count). The van der Waals surface area contributed by atoms with E-state index >= 15 is 0 Å². The highest BCUT2D eigenvalue weighted by atomic mass is 35.5. The van der Waals surface area contributed by atoms with Gasteiger partial charge in [-0.25, -0.2) is 0 Å². The summed E-state index contributed by atoms with van der Waals surface area (Å²) in [7, 11) is 1.58. The number of halogens is 4. The number of carbonyl (C=O) groups is 1. The summed E-state index contributed by atoms with van der Waals surface area (Å²) in [6.07, 6.45) is -4.43. The van der Waals surface area contributed by atoms with E-state index in [1.165, 1.54) is 13.0 Å². The molecule has 106 valence electrons. The molecule has 0 aliphatic carbocycles. The molecule has 19 heavy (non-hydrogen) atoms. The highest BCUT2D eigenvalue weighted by Crippen LogP contribution is 2.24. The number of benzene rings is 1. The fraction of sp³-hybridized carbons (Fsp3) is 0.417. The molecule has 0 bridgehead atoms. The molecule has 0 atom stereocenters. The van der Waals surface area contributed by atoms with Crippen molar-refractivity contribution >= 4 is 23.2 Å². The number of nitrogens with zero attached hydrogens (tertiary/aromatic N) is 1. The van der Waals surface area contributed by atoms with Gasteiger partial charge in [0.1, 0.15) is 6.54 Å². The van der Waals surface area contributed by atoms with Crippen LogP contribution in [0.4, 0.5) is 18.9 Å². The highest BCUT2D eigenvalue weighted by molar-refractivity contribution is 6.31. The summed E-state index contributed by atoms with van der Waals surface area (Å²) < 4.78 is 37.2. The molecule has 7 heteroatoms. The van der Waals surface area contributed by atoms with E-state index in [1.54, 1.807) is 19.2 Å². The van der Waals surface area contributed by atoms with Crippen molar-refractivity contribution in [2.75, 3.05) is 25.5 Å². The van der Waals surface area contributed by atoms with Gasteiger partial charge in [-0.3, -0.25) is 4.79 Å². The molecule has 0 saturated carbocycles. The molecule has 0 heterocycles. The van der Waals surface area contributed by atoms with Gasteiger partial charge in [-0.05, 0) is 25.1 Å². The minimum atomic E-state index is -4.43. The van der Waals surface area contributed by atoms with Crippen LogP contribution < -0.4 is 5.32 Å². The second-order valence-electron chi connectivity index (χ2n) is 3.87. The molecule has 0 saturated heterocycles. The Labute approximate surface area is 114 Å². The van der Waals surface area contributed by atoms with E-state index in [-0.39, 0.29) is 12.1 Å². The van der Waals surface area contributed by atoms with Gasteiger partial charge < -0.3 is 10.2 Å². The fourth-order valence-electron chi connectivity index (χ4n) is 1.63. The fourth-order valence-corrected chi connectivity index (χ4v) is 1.80. The monoisotopic (exact) mass is 294 g/mol. The van der Waals surface area contributed by atoms with Crippen LogP contribution in [0.25, 0.3) is 0 Å². The van der Waals surface area contributed by atoms with Crippen LogP contribution in [0.1, 0.15) is 17.3 Å². The zero-order valence-corrected chi connectivity index (χ0v) is 11.3. The standard InChI is InChI=1S/C12H14ClF3N2O/c1-3-18(7-12(14,15)16)11(19)9-6-8(13)4-5-10(9)17-2/h4-6,17H,3,7H2,1-2H3. The summed E-state index contributed by atoms with van der Waals surface area (Å²) in [5.41, 5.74) is 0.566. The van der Waals surface area contributed by atoms with Crippen molar-refractivity contribution in [1.29, 1.82) is 0 Å². The van der Waals surface area contributed by atoms with Crippen LogP contribution in [0.2, 0.25) is 5.02 Å². The van der Waals surface area contributed by atoms with Gasteiger partial charge >= 0.3 is 6.18 Å². The van der Waals surface area contributed by atoms with E-state index in [4.69, 9.17) is 11.6 Å². The molecule has 3 nitrogen and oxygen atoms in total. The molecule has 0 aliphatic heterocycles. The predicted molar refractivity (Wildman–Crippen MR) is 68.6 cm³/mol. The molecular weight excluding hydrogens is 281 g/mol. The minimum absolute atomic E-state index is 0.0337. The van der Waals surface area contributed by atoms with Gasteiger partial charge in [0.2, 0.25) is 0 Å². The van der Waals surface area contributed by atoms with Gasteiger partial charge in [0, 0.05) is 24.3 Å². The lowest BCUT2D eigenvalue weighted by molar-refractivity contribution is -0.140. The molecule has 1 N–H and O–H groups in total. The number of nitrogens with one attached hydrogen (secondary N) is 1. The number of alkyl halides is 3. The molecule has 0 spiro atoms. The molecule has 0 radical (unpaired) electrons. The van der Waals surface area contributed by atoms with E-state index in [0.29, 0.717) is 10.7 Å². The summed E-state index contributed by atoms with van der Waals surface area (Å²) in [4.78, 5) is 12.8. The molecule has 0 aliphatic rings. The Bertz CT molecular complexity index is 463. The van der Waals surface area contributed by atoms with Gasteiger partial charge in [0.05, 0.1) is 5.56 Å². The lowest BCUT2D eigenvalue weighted by atomic mass is 10.1. The largest absolute Gasteiger partial charge is 0.406 e. The quantitative estimate of drug-likeness (QED) is 0.923. The van der Waals surface area contributed by atoms with Crippen molar-refractivity contribution in [2.24, 2.45) is 0 Å². The molecule has 0 aromatic heterocycles. The number of amides is 1. The van der Waals surface area contributed by atoms with Crippen molar-refractivity contribution in [2.45, 2.75) is 13.1 Å². The van der Waals surface area contributed by atoms with E-state index in [2.05, 4.69) is 5.32 Å². The lowest BCUT2D eigenvalue weighted by Gasteiger charge is -2.23. The van der Waals surface area contributed by atoms with Crippen molar-refractivity contribution < 1.29 is 18.0 Å². The van der Waals surface area contributed by atoms with Crippen molar-refractivity contribution in [1.82, 2.24) is 4.90 Å². The van der Waals surface area contributed by atoms with E-state index in [0.717, 1.165) is 4.90 Å². The van der Waals surface area contributed by atoms with Crippen LogP contribution in [0.3, 0.4) is 0 Å². The second kappa shape index (κ2) is 6.14. The van der Waals surface area contributed by atoms with E-state index in [9.17, 15) is 18.0 Å². The highest BCUT2D eigenvalue weighted by Gasteiger charge is 2.33. The third-order valence-electron chi connectivity index (χ3n) is 2.52. The van der Waals surface area contributed by atoms with Crippen molar-refractivity contribution in [3.8, 4) is 0 Å². The first-order chi connectivity index (χ1) is 8.78. The van der Waals surface area contributed by atoms with Gasteiger partial charge in [-0.2, -0.15) is 13.2 Å². The Balaban J connectivity index is 3.06. The first kappa shape index (κ1) is 15.6. The lowest BCUT2D eigenvalue weighted by Crippen LogP contribution is -2.39. The SMILES string of the molecule is CCN(CC(F)(F)F)C(=O)c1cc(Cl)ccc1NC. The zero-order chi connectivity index (χ0) is 14.6. The van der Waals surface area contributed by atoms with Crippen LogP contribution in [0, 0.1) is 0 Å². The Morgan fingerprint density at radius 1 is 1.42 bits per heavy atom. The van der Waals surface area contributed by atoms with Crippen LogP contribution in [0.15, 0.2) is 18.2 Å². The number of carbonyl (C=O) groups excluding carboxylic acids is 1. The maximum absolute atomic E-state index is 12.4. The Morgan fingerprint density at radius 2 is 2.05 bits per heavy atom. The molecular formula is C12H14ClF3N2O. The summed E-state index contributed by atoms with van der Waals surface area (Å²) in [6, 6.07) is 4.47. The van der Waals surface area contributed by atoms with Crippen molar-refractivity contribution in [3.63, 3.8) is 0 Å². The maximum atomic E-state index is 12.4. The van der Waals surface area contributed by atoms with Gasteiger partial charge in [0.25, 0.3) is 5.91 Å². The van der Waals surface area contributed by atoms with E-state index < -0.39 is 18.6 Å². The minimum Gasteiger partial charge on any atom is -0.387 e. The summed E-state index contributed by atoms with van der Waals surface area (Å²) in [5, 5.41) is 3.05. The topological polar surface area (TPSA) is 32.3 Å².